The SMILES string of the molecule is CC(C)(C)c1cccc(C(=O)Nc2ccc([C@@H]3C[C@H]3N)cc2)c1. The molecule has 2 atom stereocenters. The molecule has 3 N–H and O–H groups in total. The van der Waals surface area contributed by atoms with Gasteiger partial charge >= 0.3 is 0 Å². The lowest BCUT2D eigenvalue weighted by molar-refractivity contribution is 0.102. The Hall–Kier alpha value is -2.13. The molecule has 3 heteroatoms. The average molecular weight is 308 g/mol. The standard InChI is InChI=1S/C20H24N2O/c1-20(2,3)15-6-4-5-14(11-15)19(23)22-16-9-7-13(8-10-16)17-12-18(17)21/h4-11,17-18H,12,21H2,1-3H3,(H,22,23)/t17-,18+/m0/s1. The number of rotatable bonds is 3. The van der Waals surface area contributed by atoms with E-state index >= 15 is 0 Å². The van der Waals surface area contributed by atoms with Gasteiger partial charge in [0.05, 0.1) is 0 Å². The normalized spacial score (nSPS) is 20.2. The van der Waals surface area contributed by atoms with E-state index in [0.29, 0.717) is 17.5 Å². The Morgan fingerprint density at radius 2 is 1.78 bits per heavy atom. The van der Waals surface area contributed by atoms with E-state index in [0.717, 1.165) is 17.7 Å². The van der Waals surface area contributed by atoms with Crippen molar-refractivity contribution in [1.82, 2.24) is 0 Å². The summed E-state index contributed by atoms with van der Waals surface area (Å²) in [5.74, 6) is 0.412. The third-order valence-corrected chi connectivity index (χ3v) is 4.43. The van der Waals surface area contributed by atoms with Crippen molar-refractivity contribution >= 4 is 11.6 Å². The molecule has 1 saturated carbocycles. The van der Waals surface area contributed by atoms with Crippen LogP contribution < -0.4 is 11.1 Å². The van der Waals surface area contributed by atoms with Crippen molar-refractivity contribution in [3.8, 4) is 0 Å². The highest BCUT2D eigenvalue weighted by Crippen LogP contribution is 2.39. The number of nitrogens with one attached hydrogen (secondary N) is 1. The van der Waals surface area contributed by atoms with Crippen LogP contribution >= 0.6 is 0 Å². The van der Waals surface area contributed by atoms with Gasteiger partial charge in [-0.15, -0.1) is 0 Å². The Morgan fingerprint density at radius 1 is 1.13 bits per heavy atom. The average Bonchev–Trinajstić information content (AvgIpc) is 3.24. The molecule has 0 aromatic heterocycles. The largest absolute Gasteiger partial charge is 0.327 e. The van der Waals surface area contributed by atoms with E-state index in [1.54, 1.807) is 0 Å². The van der Waals surface area contributed by atoms with Crippen molar-refractivity contribution in [1.29, 1.82) is 0 Å². The number of benzene rings is 2. The summed E-state index contributed by atoms with van der Waals surface area (Å²) < 4.78 is 0. The molecule has 1 fully saturated rings. The van der Waals surface area contributed by atoms with Gasteiger partial charge in [-0.05, 0) is 47.2 Å². The minimum Gasteiger partial charge on any atom is -0.327 e. The van der Waals surface area contributed by atoms with Crippen molar-refractivity contribution in [3.05, 3.63) is 65.2 Å². The van der Waals surface area contributed by atoms with Crippen molar-refractivity contribution in [2.24, 2.45) is 5.73 Å². The predicted octanol–water partition coefficient (Wildman–Crippen LogP) is 4.05. The zero-order valence-electron chi connectivity index (χ0n) is 14.0. The van der Waals surface area contributed by atoms with Crippen LogP contribution in [0.15, 0.2) is 48.5 Å². The molecule has 1 amide bonds. The van der Waals surface area contributed by atoms with Crippen LogP contribution in [0.25, 0.3) is 0 Å². The second kappa shape index (κ2) is 5.82. The first-order valence-electron chi connectivity index (χ1n) is 8.12. The molecule has 1 aliphatic rings. The molecule has 3 nitrogen and oxygen atoms in total. The second-order valence-corrected chi connectivity index (χ2v) is 7.41. The van der Waals surface area contributed by atoms with Crippen molar-refractivity contribution < 1.29 is 4.79 Å². The fraction of sp³-hybridized carbons (Fsp3) is 0.350. The lowest BCUT2D eigenvalue weighted by Crippen LogP contribution is -2.15. The number of hydrogen-bond acceptors (Lipinski definition) is 2. The van der Waals surface area contributed by atoms with Crippen molar-refractivity contribution in [2.45, 2.75) is 44.6 Å². The van der Waals surface area contributed by atoms with Crippen LogP contribution in [0.5, 0.6) is 0 Å². The van der Waals surface area contributed by atoms with Gasteiger partial charge in [-0.2, -0.15) is 0 Å². The lowest BCUT2D eigenvalue weighted by atomic mass is 9.86. The van der Waals surface area contributed by atoms with Gasteiger partial charge in [0, 0.05) is 23.2 Å². The minimum atomic E-state index is -0.0769. The van der Waals surface area contributed by atoms with E-state index in [9.17, 15) is 4.79 Å². The molecular formula is C20H24N2O. The van der Waals surface area contributed by atoms with Crippen LogP contribution in [0.1, 0.15) is 54.6 Å². The topological polar surface area (TPSA) is 55.1 Å². The summed E-state index contributed by atoms with van der Waals surface area (Å²) >= 11 is 0. The number of nitrogens with two attached hydrogens (primary N) is 1. The number of carbonyl (C=O) groups excluding carboxylic acids is 1. The molecule has 0 saturated heterocycles. The summed E-state index contributed by atoms with van der Waals surface area (Å²) in [7, 11) is 0. The van der Waals surface area contributed by atoms with Gasteiger partial charge < -0.3 is 11.1 Å². The molecule has 2 aromatic rings. The molecule has 23 heavy (non-hydrogen) atoms. The number of amides is 1. The maximum atomic E-state index is 12.4. The minimum absolute atomic E-state index is 0.0287. The molecule has 0 heterocycles. The quantitative estimate of drug-likeness (QED) is 0.898. The summed E-state index contributed by atoms with van der Waals surface area (Å²) in [5, 5.41) is 2.96. The van der Waals surface area contributed by atoms with Crippen molar-refractivity contribution in [3.63, 3.8) is 0 Å². The van der Waals surface area contributed by atoms with Gasteiger partial charge in [0.25, 0.3) is 5.91 Å². The maximum Gasteiger partial charge on any atom is 0.255 e. The summed E-state index contributed by atoms with van der Waals surface area (Å²) in [6, 6.07) is 16.1. The molecule has 0 aliphatic heterocycles. The third kappa shape index (κ3) is 3.62. The monoisotopic (exact) mass is 308 g/mol. The van der Waals surface area contributed by atoms with Gasteiger partial charge in [-0.25, -0.2) is 0 Å². The first kappa shape index (κ1) is 15.8. The maximum absolute atomic E-state index is 12.4. The Bertz CT molecular complexity index is 713. The molecule has 0 bridgehead atoms. The lowest BCUT2D eigenvalue weighted by Gasteiger charge is -2.19. The van der Waals surface area contributed by atoms with E-state index in [1.165, 1.54) is 5.56 Å². The highest BCUT2D eigenvalue weighted by molar-refractivity contribution is 6.04. The molecule has 3 rings (SSSR count). The zero-order chi connectivity index (χ0) is 16.6. The highest BCUT2D eigenvalue weighted by Gasteiger charge is 2.34. The Kier molecular flexibility index (Phi) is 3.99. The number of carbonyl (C=O) groups is 1. The number of hydrogen-bond donors (Lipinski definition) is 2. The van der Waals surface area contributed by atoms with Crippen LogP contribution in [-0.4, -0.2) is 11.9 Å². The molecule has 120 valence electrons. The van der Waals surface area contributed by atoms with Crippen LogP contribution in [0.2, 0.25) is 0 Å². The smallest absolute Gasteiger partial charge is 0.255 e. The predicted molar refractivity (Wildman–Crippen MR) is 94.9 cm³/mol. The zero-order valence-corrected chi connectivity index (χ0v) is 14.0. The molecular weight excluding hydrogens is 284 g/mol. The molecule has 2 aromatic carbocycles. The summed E-state index contributed by atoms with van der Waals surface area (Å²) in [6.45, 7) is 6.43. The van der Waals surface area contributed by atoms with Crippen LogP contribution in [0, 0.1) is 0 Å². The van der Waals surface area contributed by atoms with E-state index in [2.05, 4.69) is 44.3 Å². The summed E-state index contributed by atoms with van der Waals surface area (Å²) in [6.07, 6.45) is 1.06. The fourth-order valence-electron chi connectivity index (χ4n) is 2.74. The van der Waals surface area contributed by atoms with Crippen LogP contribution in [0.4, 0.5) is 5.69 Å². The van der Waals surface area contributed by atoms with Gasteiger partial charge in [0.2, 0.25) is 0 Å². The molecule has 0 spiro atoms. The first-order valence-corrected chi connectivity index (χ1v) is 8.12. The second-order valence-electron chi connectivity index (χ2n) is 7.41. The van der Waals surface area contributed by atoms with E-state index in [1.807, 2.05) is 30.3 Å². The summed E-state index contributed by atoms with van der Waals surface area (Å²) in [5.41, 5.74) is 9.81. The van der Waals surface area contributed by atoms with E-state index < -0.39 is 0 Å². The number of anilines is 1. The van der Waals surface area contributed by atoms with E-state index in [4.69, 9.17) is 5.73 Å². The highest BCUT2D eigenvalue weighted by atomic mass is 16.1. The Balaban J connectivity index is 1.71. The van der Waals surface area contributed by atoms with Crippen LogP contribution in [-0.2, 0) is 5.41 Å². The molecule has 0 radical (unpaired) electrons. The van der Waals surface area contributed by atoms with Gasteiger partial charge in [0.1, 0.15) is 0 Å². The van der Waals surface area contributed by atoms with Gasteiger partial charge in [0.15, 0.2) is 0 Å². The van der Waals surface area contributed by atoms with Crippen molar-refractivity contribution in [2.75, 3.05) is 5.32 Å². The fourth-order valence-corrected chi connectivity index (χ4v) is 2.74. The Morgan fingerprint density at radius 3 is 2.35 bits per heavy atom. The van der Waals surface area contributed by atoms with Gasteiger partial charge in [-0.3, -0.25) is 4.79 Å². The first-order chi connectivity index (χ1) is 10.8. The van der Waals surface area contributed by atoms with Gasteiger partial charge in [-0.1, -0.05) is 45.0 Å². The Labute approximate surface area is 137 Å². The van der Waals surface area contributed by atoms with E-state index in [-0.39, 0.29) is 11.3 Å². The molecule has 0 unspecified atom stereocenters. The summed E-state index contributed by atoms with van der Waals surface area (Å²) in [4.78, 5) is 12.4. The molecule has 1 aliphatic carbocycles. The third-order valence-electron chi connectivity index (χ3n) is 4.43. The van der Waals surface area contributed by atoms with Crippen LogP contribution in [0.3, 0.4) is 0 Å².